The Morgan fingerprint density at radius 1 is 1.73 bits per heavy atom. The molecule has 0 radical (unpaired) electrons. The molecule has 1 saturated heterocycles. The summed E-state index contributed by atoms with van der Waals surface area (Å²) in [5.41, 5.74) is 0.185. The molecular weight excluding hydrogens is 180 g/mol. The Balaban J connectivity index is 2.24. The normalized spacial score (nSPS) is 30.4. The standard InChI is InChI=1S/C7H12O2S2/c1-5(10)9-7-3-2-6(4-8)11-7/h6-8H,2-4H2,1H3/t6-,7?/m0/s1. The van der Waals surface area contributed by atoms with Gasteiger partial charge in [-0.05, 0) is 25.1 Å². The molecule has 1 heterocycles. The first kappa shape index (κ1) is 9.29. The van der Waals surface area contributed by atoms with Crippen LogP contribution in [-0.4, -0.2) is 27.4 Å². The van der Waals surface area contributed by atoms with Crippen molar-refractivity contribution in [3.8, 4) is 0 Å². The molecule has 0 aliphatic carbocycles. The van der Waals surface area contributed by atoms with Gasteiger partial charge in [0.05, 0.1) is 6.61 Å². The first-order chi connectivity index (χ1) is 5.22. The van der Waals surface area contributed by atoms with Gasteiger partial charge >= 0.3 is 0 Å². The fraction of sp³-hybridized carbons (Fsp3) is 0.857. The van der Waals surface area contributed by atoms with E-state index >= 15 is 0 Å². The van der Waals surface area contributed by atoms with Crippen LogP contribution in [0.3, 0.4) is 0 Å². The number of hydrogen-bond acceptors (Lipinski definition) is 4. The van der Waals surface area contributed by atoms with Gasteiger partial charge in [-0.15, -0.1) is 11.8 Å². The van der Waals surface area contributed by atoms with Crippen LogP contribution in [0, 0.1) is 0 Å². The van der Waals surface area contributed by atoms with E-state index in [0.29, 0.717) is 10.3 Å². The molecule has 11 heavy (non-hydrogen) atoms. The third kappa shape index (κ3) is 2.97. The third-order valence-electron chi connectivity index (χ3n) is 1.57. The molecular formula is C7H12O2S2. The minimum absolute atomic E-state index is 0.185. The van der Waals surface area contributed by atoms with E-state index < -0.39 is 0 Å². The number of rotatable bonds is 2. The molecule has 0 amide bonds. The molecule has 64 valence electrons. The van der Waals surface area contributed by atoms with Crippen molar-refractivity contribution in [3.63, 3.8) is 0 Å². The predicted octanol–water partition coefficient (Wildman–Crippen LogP) is 1.56. The zero-order valence-corrected chi connectivity index (χ0v) is 8.08. The minimum Gasteiger partial charge on any atom is -0.474 e. The highest BCUT2D eigenvalue weighted by Gasteiger charge is 2.25. The number of thioether (sulfide) groups is 1. The number of ether oxygens (including phenoxy) is 1. The number of aliphatic hydroxyl groups excluding tert-OH is 1. The van der Waals surface area contributed by atoms with Gasteiger partial charge < -0.3 is 9.84 Å². The van der Waals surface area contributed by atoms with E-state index in [-0.39, 0.29) is 12.0 Å². The second kappa shape index (κ2) is 4.28. The van der Waals surface area contributed by atoms with E-state index in [4.69, 9.17) is 22.1 Å². The van der Waals surface area contributed by atoms with Gasteiger partial charge in [-0.2, -0.15) is 0 Å². The van der Waals surface area contributed by atoms with Gasteiger partial charge in [0.15, 0.2) is 5.05 Å². The maximum atomic E-state index is 8.81. The zero-order chi connectivity index (χ0) is 8.27. The van der Waals surface area contributed by atoms with E-state index in [2.05, 4.69) is 0 Å². The van der Waals surface area contributed by atoms with Gasteiger partial charge in [0.25, 0.3) is 0 Å². The van der Waals surface area contributed by atoms with E-state index in [0.717, 1.165) is 12.8 Å². The Labute approximate surface area is 76.3 Å². The molecule has 4 heteroatoms. The smallest absolute Gasteiger partial charge is 0.158 e. The van der Waals surface area contributed by atoms with Gasteiger partial charge in [0.2, 0.25) is 0 Å². The van der Waals surface area contributed by atoms with Crippen molar-refractivity contribution in [2.45, 2.75) is 30.5 Å². The fourth-order valence-corrected chi connectivity index (χ4v) is 2.52. The van der Waals surface area contributed by atoms with Crippen molar-refractivity contribution in [1.29, 1.82) is 0 Å². The second-order valence-electron chi connectivity index (χ2n) is 2.56. The topological polar surface area (TPSA) is 29.5 Å². The summed E-state index contributed by atoms with van der Waals surface area (Å²) in [5.74, 6) is 0. The first-order valence-corrected chi connectivity index (χ1v) is 5.01. The Bertz CT molecular complexity index is 149. The summed E-state index contributed by atoms with van der Waals surface area (Å²) in [7, 11) is 0. The van der Waals surface area contributed by atoms with Gasteiger partial charge in [-0.25, -0.2) is 0 Å². The second-order valence-corrected chi connectivity index (χ2v) is 4.60. The molecule has 0 bridgehead atoms. The lowest BCUT2D eigenvalue weighted by atomic mass is 10.2. The molecule has 1 N–H and O–H groups in total. The largest absolute Gasteiger partial charge is 0.474 e. The molecule has 0 aromatic rings. The zero-order valence-electron chi connectivity index (χ0n) is 6.45. The van der Waals surface area contributed by atoms with Crippen LogP contribution in [0.15, 0.2) is 0 Å². The summed E-state index contributed by atoms with van der Waals surface area (Å²) >= 11 is 6.49. The summed E-state index contributed by atoms with van der Waals surface area (Å²) in [4.78, 5) is 0. The molecule has 1 fully saturated rings. The fourth-order valence-electron chi connectivity index (χ4n) is 1.08. The van der Waals surface area contributed by atoms with Crippen LogP contribution < -0.4 is 0 Å². The molecule has 2 atom stereocenters. The SMILES string of the molecule is CC(=S)OC1CC[C@@H](CO)S1. The number of hydrogen-bond donors (Lipinski definition) is 1. The van der Waals surface area contributed by atoms with Gasteiger partial charge in [-0.1, -0.05) is 0 Å². The molecule has 0 spiro atoms. The molecule has 0 aromatic heterocycles. The molecule has 1 aliphatic rings. The molecule has 1 aliphatic heterocycles. The van der Waals surface area contributed by atoms with Crippen LogP contribution in [0.5, 0.6) is 0 Å². The summed E-state index contributed by atoms with van der Waals surface area (Å²) in [6, 6.07) is 0. The van der Waals surface area contributed by atoms with Crippen molar-refractivity contribution in [2.75, 3.05) is 6.61 Å². The lowest BCUT2D eigenvalue weighted by Crippen LogP contribution is -2.08. The maximum Gasteiger partial charge on any atom is 0.158 e. The number of aliphatic hydroxyl groups is 1. The van der Waals surface area contributed by atoms with Crippen molar-refractivity contribution in [2.24, 2.45) is 0 Å². The quantitative estimate of drug-likeness (QED) is 0.672. The molecule has 1 unspecified atom stereocenters. The Hall–Kier alpha value is 0.200. The lowest BCUT2D eigenvalue weighted by Gasteiger charge is -2.10. The van der Waals surface area contributed by atoms with E-state index in [1.54, 1.807) is 18.7 Å². The summed E-state index contributed by atoms with van der Waals surface area (Å²) < 4.78 is 5.33. The van der Waals surface area contributed by atoms with Crippen LogP contribution in [0.2, 0.25) is 0 Å². The number of thiocarbonyl (C=S) groups is 1. The highest BCUT2D eigenvalue weighted by molar-refractivity contribution is 8.00. The van der Waals surface area contributed by atoms with Crippen molar-refractivity contribution >= 4 is 29.0 Å². The van der Waals surface area contributed by atoms with Crippen LogP contribution in [0.1, 0.15) is 19.8 Å². The summed E-state index contributed by atoms with van der Waals surface area (Å²) in [5, 5.41) is 9.76. The molecule has 1 rings (SSSR count). The van der Waals surface area contributed by atoms with Gasteiger partial charge in [-0.3, -0.25) is 0 Å². The minimum atomic E-state index is 0.185. The van der Waals surface area contributed by atoms with Gasteiger partial charge in [0, 0.05) is 12.2 Å². The lowest BCUT2D eigenvalue weighted by molar-refractivity contribution is 0.269. The Morgan fingerprint density at radius 2 is 2.45 bits per heavy atom. The highest BCUT2D eigenvalue weighted by atomic mass is 32.2. The van der Waals surface area contributed by atoms with E-state index in [9.17, 15) is 0 Å². The monoisotopic (exact) mass is 192 g/mol. The predicted molar refractivity (Wildman–Crippen MR) is 50.8 cm³/mol. The van der Waals surface area contributed by atoms with Crippen molar-refractivity contribution in [3.05, 3.63) is 0 Å². The van der Waals surface area contributed by atoms with Gasteiger partial charge in [0.1, 0.15) is 5.44 Å². The van der Waals surface area contributed by atoms with Crippen LogP contribution in [-0.2, 0) is 4.74 Å². The summed E-state index contributed by atoms with van der Waals surface area (Å²) in [6.07, 6.45) is 2.04. The van der Waals surface area contributed by atoms with E-state index in [1.165, 1.54) is 0 Å². The average molecular weight is 192 g/mol. The van der Waals surface area contributed by atoms with Crippen molar-refractivity contribution in [1.82, 2.24) is 0 Å². The first-order valence-electron chi connectivity index (χ1n) is 3.66. The highest BCUT2D eigenvalue weighted by Crippen LogP contribution is 2.33. The maximum absolute atomic E-state index is 8.81. The Kier molecular flexibility index (Phi) is 3.62. The molecule has 0 aromatic carbocycles. The average Bonchev–Trinajstić information content (AvgIpc) is 2.34. The summed E-state index contributed by atoms with van der Waals surface area (Å²) in [6.45, 7) is 2.03. The van der Waals surface area contributed by atoms with E-state index in [1.807, 2.05) is 0 Å². The van der Waals surface area contributed by atoms with Crippen LogP contribution in [0.4, 0.5) is 0 Å². The molecule has 0 saturated carbocycles. The molecule has 2 nitrogen and oxygen atoms in total. The van der Waals surface area contributed by atoms with Crippen LogP contribution in [0.25, 0.3) is 0 Å². The third-order valence-corrected chi connectivity index (χ3v) is 3.07. The van der Waals surface area contributed by atoms with Crippen LogP contribution >= 0.6 is 24.0 Å². The van der Waals surface area contributed by atoms with Crippen molar-refractivity contribution < 1.29 is 9.84 Å². The Morgan fingerprint density at radius 3 is 2.91 bits per heavy atom.